The number of nitrogens with one attached hydrogen (secondary N) is 2. The SMILES string of the molecule is O=C(N/N=C\c1cccc([N+](=O)[O-])c1)c1ccc(NC(=O)c2sc3cc(Cl)ccc3c2Cl)cc1. The first kappa shape index (κ1) is 23.4. The van der Waals surface area contributed by atoms with E-state index in [1.807, 2.05) is 0 Å². The first-order valence-corrected chi connectivity index (χ1v) is 11.3. The lowest BCUT2D eigenvalue weighted by Gasteiger charge is -2.05. The summed E-state index contributed by atoms with van der Waals surface area (Å²) in [7, 11) is 0. The van der Waals surface area contributed by atoms with E-state index in [4.69, 9.17) is 23.2 Å². The number of fused-ring (bicyclic) bond motifs is 1. The normalized spacial score (nSPS) is 11.0. The molecule has 34 heavy (non-hydrogen) atoms. The number of non-ortho nitro benzene ring substituents is 1. The molecule has 0 aliphatic rings. The van der Waals surface area contributed by atoms with Gasteiger partial charge in [-0.05, 0) is 36.4 Å². The fraction of sp³-hybridized carbons (Fsp3) is 0. The number of amides is 2. The lowest BCUT2D eigenvalue weighted by Crippen LogP contribution is -2.17. The monoisotopic (exact) mass is 512 g/mol. The maximum Gasteiger partial charge on any atom is 0.271 e. The predicted molar refractivity (Wildman–Crippen MR) is 134 cm³/mol. The summed E-state index contributed by atoms with van der Waals surface area (Å²) in [4.78, 5) is 35.6. The fourth-order valence-electron chi connectivity index (χ4n) is 3.03. The summed E-state index contributed by atoms with van der Waals surface area (Å²) in [6.07, 6.45) is 1.31. The third-order valence-corrected chi connectivity index (χ3v) is 6.55. The van der Waals surface area contributed by atoms with Gasteiger partial charge in [0.2, 0.25) is 0 Å². The van der Waals surface area contributed by atoms with Crippen LogP contribution >= 0.6 is 34.5 Å². The Morgan fingerprint density at radius 1 is 1.00 bits per heavy atom. The van der Waals surface area contributed by atoms with Gasteiger partial charge in [-0.2, -0.15) is 5.10 Å². The van der Waals surface area contributed by atoms with Crippen molar-refractivity contribution in [3.8, 4) is 0 Å². The number of hydrazone groups is 1. The summed E-state index contributed by atoms with van der Waals surface area (Å²) >= 11 is 13.6. The Bertz CT molecular complexity index is 1450. The minimum absolute atomic E-state index is 0.0753. The van der Waals surface area contributed by atoms with E-state index in [0.717, 1.165) is 10.1 Å². The number of nitro groups is 1. The molecule has 1 aromatic heterocycles. The van der Waals surface area contributed by atoms with Crippen LogP contribution in [0.3, 0.4) is 0 Å². The summed E-state index contributed by atoms with van der Waals surface area (Å²) in [5.74, 6) is -0.856. The smallest absolute Gasteiger partial charge is 0.271 e. The maximum atomic E-state index is 12.7. The molecule has 8 nitrogen and oxygen atoms in total. The maximum absolute atomic E-state index is 12.7. The van der Waals surface area contributed by atoms with Crippen molar-refractivity contribution in [2.45, 2.75) is 0 Å². The van der Waals surface area contributed by atoms with Gasteiger partial charge in [-0.15, -0.1) is 11.3 Å². The van der Waals surface area contributed by atoms with E-state index in [1.165, 1.54) is 47.9 Å². The minimum Gasteiger partial charge on any atom is -0.321 e. The Morgan fingerprint density at radius 2 is 1.76 bits per heavy atom. The molecule has 0 unspecified atom stereocenters. The second-order valence-electron chi connectivity index (χ2n) is 6.97. The number of benzene rings is 3. The molecule has 4 aromatic rings. The number of carbonyl (C=O) groups excluding carboxylic acids is 2. The van der Waals surface area contributed by atoms with Crippen LogP contribution in [0.1, 0.15) is 25.6 Å². The van der Waals surface area contributed by atoms with Gasteiger partial charge in [0, 0.05) is 44.1 Å². The number of halogens is 2. The lowest BCUT2D eigenvalue weighted by atomic mass is 10.2. The molecule has 11 heteroatoms. The van der Waals surface area contributed by atoms with E-state index < -0.39 is 10.8 Å². The average Bonchev–Trinajstić information content (AvgIpc) is 3.15. The van der Waals surface area contributed by atoms with Crippen molar-refractivity contribution in [3.05, 3.63) is 103 Å². The van der Waals surface area contributed by atoms with Gasteiger partial charge in [0.1, 0.15) is 4.88 Å². The van der Waals surface area contributed by atoms with Crippen LogP contribution < -0.4 is 10.7 Å². The number of rotatable bonds is 6. The van der Waals surface area contributed by atoms with Crippen LogP contribution in [0.4, 0.5) is 11.4 Å². The number of nitrogens with zero attached hydrogens (tertiary/aromatic N) is 2. The van der Waals surface area contributed by atoms with Gasteiger partial charge in [0.05, 0.1) is 16.2 Å². The van der Waals surface area contributed by atoms with E-state index in [2.05, 4.69) is 15.8 Å². The molecule has 3 aromatic carbocycles. The molecule has 0 bridgehead atoms. The topological polar surface area (TPSA) is 114 Å². The largest absolute Gasteiger partial charge is 0.321 e. The summed E-state index contributed by atoms with van der Waals surface area (Å²) in [6.45, 7) is 0. The number of hydrogen-bond acceptors (Lipinski definition) is 6. The standard InChI is InChI=1S/C23H14Cl2N4O4S/c24-15-6-9-18-19(11-15)34-21(20(18)25)23(31)27-16-7-4-14(5-8-16)22(30)28-26-12-13-2-1-3-17(10-13)29(32)33/h1-12H,(H,27,31)(H,28,30)/b26-12-. The Morgan fingerprint density at radius 3 is 2.50 bits per heavy atom. The molecular weight excluding hydrogens is 499 g/mol. The van der Waals surface area contributed by atoms with Gasteiger partial charge < -0.3 is 5.32 Å². The average molecular weight is 513 g/mol. The zero-order valence-electron chi connectivity index (χ0n) is 17.1. The quantitative estimate of drug-likeness (QED) is 0.183. The van der Waals surface area contributed by atoms with Gasteiger partial charge in [-0.25, -0.2) is 5.43 Å². The Balaban J connectivity index is 1.39. The molecule has 0 aliphatic heterocycles. The number of hydrogen-bond donors (Lipinski definition) is 2. The van der Waals surface area contributed by atoms with Crippen molar-refractivity contribution in [1.82, 2.24) is 5.43 Å². The van der Waals surface area contributed by atoms with Crippen LogP contribution in [-0.2, 0) is 0 Å². The summed E-state index contributed by atoms with van der Waals surface area (Å²) in [5.41, 5.74) is 3.54. The molecular formula is C23H14Cl2N4O4S. The molecule has 0 spiro atoms. The molecule has 0 radical (unpaired) electrons. The van der Waals surface area contributed by atoms with Gasteiger partial charge in [-0.3, -0.25) is 19.7 Å². The highest BCUT2D eigenvalue weighted by atomic mass is 35.5. The molecule has 0 saturated carbocycles. The molecule has 2 amide bonds. The second-order valence-corrected chi connectivity index (χ2v) is 8.83. The highest BCUT2D eigenvalue weighted by molar-refractivity contribution is 7.21. The van der Waals surface area contributed by atoms with Crippen molar-refractivity contribution in [2.75, 3.05) is 5.32 Å². The molecule has 0 saturated heterocycles. The summed E-state index contributed by atoms with van der Waals surface area (Å²) in [5, 5.41) is 19.1. The van der Waals surface area contributed by atoms with Crippen LogP contribution in [0, 0.1) is 10.1 Å². The number of nitro benzene ring substituents is 1. The van der Waals surface area contributed by atoms with Gasteiger partial charge in [0.15, 0.2) is 0 Å². The van der Waals surface area contributed by atoms with Crippen LogP contribution in [0.25, 0.3) is 10.1 Å². The molecule has 4 rings (SSSR count). The van der Waals surface area contributed by atoms with Crippen LogP contribution in [0.15, 0.2) is 71.8 Å². The first-order valence-electron chi connectivity index (χ1n) is 9.68. The van der Waals surface area contributed by atoms with Crippen molar-refractivity contribution < 1.29 is 14.5 Å². The number of carbonyl (C=O) groups is 2. The van der Waals surface area contributed by atoms with E-state index >= 15 is 0 Å². The van der Waals surface area contributed by atoms with Crippen molar-refractivity contribution >= 4 is 74.0 Å². The first-order chi connectivity index (χ1) is 16.3. The van der Waals surface area contributed by atoms with Crippen LogP contribution in [0.5, 0.6) is 0 Å². The zero-order valence-corrected chi connectivity index (χ0v) is 19.4. The molecule has 1 heterocycles. The molecule has 170 valence electrons. The Kier molecular flexibility index (Phi) is 6.87. The van der Waals surface area contributed by atoms with E-state index in [1.54, 1.807) is 36.4 Å². The molecule has 0 aliphatic carbocycles. The van der Waals surface area contributed by atoms with E-state index in [9.17, 15) is 19.7 Å². The minimum atomic E-state index is -0.513. The summed E-state index contributed by atoms with van der Waals surface area (Å²) in [6, 6.07) is 17.3. The molecule has 2 N–H and O–H groups in total. The van der Waals surface area contributed by atoms with E-state index in [0.29, 0.717) is 31.7 Å². The van der Waals surface area contributed by atoms with Crippen LogP contribution in [-0.4, -0.2) is 23.0 Å². The predicted octanol–water partition coefficient (Wildman–Crippen LogP) is 6.13. The van der Waals surface area contributed by atoms with Crippen molar-refractivity contribution in [1.29, 1.82) is 0 Å². The van der Waals surface area contributed by atoms with Crippen molar-refractivity contribution in [3.63, 3.8) is 0 Å². The highest BCUT2D eigenvalue weighted by Crippen LogP contribution is 2.37. The van der Waals surface area contributed by atoms with Gasteiger partial charge >= 0.3 is 0 Å². The summed E-state index contributed by atoms with van der Waals surface area (Å²) < 4.78 is 0.806. The second kappa shape index (κ2) is 10.0. The van der Waals surface area contributed by atoms with Crippen LogP contribution in [0.2, 0.25) is 10.0 Å². The van der Waals surface area contributed by atoms with Gasteiger partial charge in [0.25, 0.3) is 17.5 Å². The Labute approximate surface area is 207 Å². The lowest BCUT2D eigenvalue weighted by molar-refractivity contribution is -0.384. The van der Waals surface area contributed by atoms with E-state index in [-0.39, 0.29) is 11.6 Å². The molecule has 0 atom stereocenters. The zero-order chi connectivity index (χ0) is 24.2. The highest BCUT2D eigenvalue weighted by Gasteiger charge is 2.17. The Hall–Kier alpha value is -3.79. The third-order valence-electron chi connectivity index (χ3n) is 4.66. The fourth-order valence-corrected chi connectivity index (χ4v) is 4.71. The molecule has 0 fully saturated rings. The van der Waals surface area contributed by atoms with Crippen molar-refractivity contribution in [2.24, 2.45) is 5.10 Å². The third kappa shape index (κ3) is 5.23. The van der Waals surface area contributed by atoms with Gasteiger partial charge in [-0.1, -0.05) is 41.4 Å². The number of anilines is 1. The number of thiophene rings is 1.